The number of rotatable bonds is 8. The number of anilines is 1. The van der Waals surface area contributed by atoms with Gasteiger partial charge in [0.1, 0.15) is 4.88 Å². The number of benzene rings is 1. The lowest BCUT2D eigenvalue weighted by Gasteiger charge is -2.40. The molecule has 0 radical (unpaired) electrons. The monoisotopic (exact) mass is 542 g/mol. The molecule has 2 heterocycles. The van der Waals surface area contributed by atoms with Gasteiger partial charge in [0.2, 0.25) is 12.7 Å². The molecule has 2 aliphatic rings. The second-order valence-electron chi connectivity index (χ2n) is 10.3. The smallest absolute Gasteiger partial charge is 0.435 e. The fourth-order valence-electron chi connectivity index (χ4n) is 5.26. The minimum absolute atomic E-state index is 0.00129. The van der Waals surface area contributed by atoms with E-state index in [0.29, 0.717) is 16.5 Å². The van der Waals surface area contributed by atoms with Gasteiger partial charge in [0.25, 0.3) is 0 Å². The molecule has 0 N–H and O–H groups in total. The van der Waals surface area contributed by atoms with E-state index < -0.39 is 18.9 Å². The van der Waals surface area contributed by atoms with Crippen LogP contribution in [-0.2, 0) is 19.0 Å². The third-order valence-electron chi connectivity index (χ3n) is 7.50. The van der Waals surface area contributed by atoms with Crippen LogP contribution in [0.5, 0.6) is 0 Å². The predicted molar refractivity (Wildman–Crippen MR) is 147 cm³/mol. The molecule has 1 aromatic carbocycles. The Morgan fingerprint density at radius 2 is 1.66 bits per heavy atom. The van der Waals surface area contributed by atoms with Crippen molar-refractivity contribution in [1.82, 2.24) is 4.90 Å². The van der Waals surface area contributed by atoms with Crippen LogP contribution in [0.2, 0.25) is 0 Å². The molecule has 0 bridgehead atoms. The summed E-state index contributed by atoms with van der Waals surface area (Å²) in [5, 5.41) is 0. The number of hydrogen-bond acceptors (Lipinski definition) is 8. The molecule has 0 atom stereocenters. The van der Waals surface area contributed by atoms with Crippen molar-refractivity contribution >= 4 is 35.1 Å². The van der Waals surface area contributed by atoms with Crippen LogP contribution in [0.1, 0.15) is 62.0 Å². The van der Waals surface area contributed by atoms with Gasteiger partial charge in [0.05, 0.1) is 12.3 Å². The molecule has 2 aromatic rings. The van der Waals surface area contributed by atoms with Crippen molar-refractivity contribution in [2.45, 2.75) is 58.4 Å². The molecular weight excluding hydrogens is 504 g/mol. The maximum atomic E-state index is 14.2. The van der Waals surface area contributed by atoms with Gasteiger partial charge < -0.3 is 24.0 Å². The molecule has 1 aromatic heterocycles. The standard InChI is InChI=1S/C29H38N2O6S/c1-4-35-29(34)37-19-36-28(33)26-24(18-25(38-26)21-8-6-5-7-9-21)31(23-14-16-30(3)17-15-23)27(32)22-12-10-20(2)11-13-22/h5-9,18,20,22-23H,4,10-17,19H2,1-3H3. The van der Waals surface area contributed by atoms with E-state index in [-0.39, 0.29) is 24.5 Å². The van der Waals surface area contributed by atoms with Gasteiger partial charge in [0, 0.05) is 16.8 Å². The third-order valence-corrected chi connectivity index (χ3v) is 8.65. The molecule has 38 heavy (non-hydrogen) atoms. The number of hydrogen-bond donors (Lipinski definition) is 0. The molecule has 206 valence electrons. The number of thiophene rings is 1. The highest BCUT2D eigenvalue weighted by Crippen LogP contribution is 2.41. The summed E-state index contributed by atoms with van der Waals surface area (Å²) in [4.78, 5) is 44.4. The molecule has 2 fully saturated rings. The van der Waals surface area contributed by atoms with Crippen LogP contribution < -0.4 is 4.90 Å². The first-order valence-corrected chi connectivity index (χ1v) is 14.4. The number of nitrogens with zero attached hydrogens (tertiary/aromatic N) is 2. The highest BCUT2D eigenvalue weighted by Gasteiger charge is 2.37. The van der Waals surface area contributed by atoms with Crippen molar-refractivity contribution in [3.63, 3.8) is 0 Å². The molecule has 4 rings (SSSR count). The van der Waals surface area contributed by atoms with Crippen molar-refractivity contribution < 1.29 is 28.6 Å². The molecular formula is C29H38N2O6S. The average Bonchev–Trinajstić information content (AvgIpc) is 3.36. The van der Waals surface area contributed by atoms with Gasteiger partial charge in [0.15, 0.2) is 0 Å². The van der Waals surface area contributed by atoms with E-state index in [2.05, 4.69) is 18.9 Å². The van der Waals surface area contributed by atoms with Crippen LogP contribution in [0.15, 0.2) is 36.4 Å². The predicted octanol–water partition coefficient (Wildman–Crippen LogP) is 5.96. The molecule has 8 nitrogen and oxygen atoms in total. The first kappa shape index (κ1) is 28.1. The third kappa shape index (κ3) is 6.94. The lowest BCUT2D eigenvalue weighted by atomic mass is 9.82. The topological polar surface area (TPSA) is 85.4 Å². The average molecular weight is 543 g/mol. The van der Waals surface area contributed by atoms with Crippen LogP contribution in [0, 0.1) is 11.8 Å². The number of carbonyl (C=O) groups excluding carboxylic acids is 3. The van der Waals surface area contributed by atoms with Crippen molar-refractivity contribution in [2.75, 3.05) is 38.4 Å². The van der Waals surface area contributed by atoms with E-state index in [0.717, 1.165) is 62.1 Å². The number of amides is 1. The number of ether oxygens (including phenoxy) is 3. The van der Waals surface area contributed by atoms with Gasteiger partial charge in [-0.1, -0.05) is 37.3 Å². The highest BCUT2D eigenvalue weighted by atomic mass is 32.1. The Balaban J connectivity index is 1.68. The lowest BCUT2D eigenvalue weighted by molar-refractivity contribution is -0.124. The van der Waals surface area contributed by atoms with Crippen molar-refractivity contribution in [2.24, 2.45) is 11.8 Å². The van der Waals surface area contributed by atoms with Gasteiger partial charge in [-0.05, 0) is 83.1 Å². The number of esters is 1. The van der Waals surface area contributed by atoms with Crippen molar-refractivity contribution in [1.29, 1.82) is 0 Å². The first-order valence-electron chi connectivity index (χ1n) is 13.5. The molecule has 1 aliphatic carbocycles. The van der Waals surface area contributed by atoms with Gasteiger partial charge in [-0.2, -0.15) is 0 Å². The molecule has 1 saturated carbocycles. The summed E-state index contributed by atoms with van der Waals surface area (Å²) in [7, 11) is 2.09. The number of piperidine rings is 1. The fourth-order valence-corrected chi connectivity index (χ4v) is 6.31. The van der Waals surface area contributed by atoms with Crippen LogP contribution in [0.3, 0.4) is 0 Å². The zero-order chi connectivity index (χ0) is 27.1. The van der Waals surface area contributed by atoms with E-state index in [1.807, 2.05) is 41.3 Å². The summed E-state index contributed by atoms with van der Waals surface area (Å²) in [6, 6.07) is 11.8. The summed E-state index contributed by atoms with van der Waals surface area (Å²) in [5.74, 6) is 0.0497. The van der Waals surface area contributed by atoms with E-state index >= 15 is 0 Å². The Kier molecular flexibility index (Phi) is 9.80. The van der Waals surface area contributed by atoms with Crippen LogP contribution in [0.4, 0.5) is 10.5 Å². The van der Waals surface area contributed by atoms with Gasteiger partial charge in [-0.25, -0.2) is 9.59 Å². The first-order chi connectivity index (χ1) is 18.4. The fraction of sp³-hybridized carbons (Fsp3) is 0.552. The Morgan fingerprint density at radius 3 is 2.32 bits per heavy atom. The zero-order valence-corrected chi connectivity index (χ0v) is 23.3. The van der Waals surface area contributed by atoms with E-state index in [9.17, 15) is 14.4 Å². The second-order valence-corrected chi connectivity index (χ2v) is 11.3. The Morgan fingerprint density at radius 1 is 0.974 bits per heavy atom. The minimum atomic E-state index is -0.897. The summed E-state index contributed by atoms with van der Waals surface area (Å²) in [6.45, 7) is 5.29. The SMILES string of the molecule is CCOC(=O)OCOC(=O)c1sc(-c2ccccc2)cc1N(C(=O)C1CCC(C)CC1)C1CCN(C)CC1. The molecule has 0 unspecified atom stereocenters. The normalized spacial score (nSPS) is 20.5. The Bertz CT molecular complexity index is 1090. The molecule has 1 saturated heterocycles. The number of likely N-dealkylation sites (tertiary alicyclic amines) is 1. The molecule has 9 heteroatoms. The quantitative estimate of drug-likeness (QED) is 0.301. The molecule has 1 amide bonds. The van der Waals surface area contributed by atoms with E-state index in [1.54, 1.807) is 6.92 Å². The van der Waals surface area contributed by atoms with Gasteiger partial charge in [-0.15, -0.1) is 11.3 Å². The largest absolute Gasteiger partial charge is 0.511 e. The highest BCUT2D eigenvalue weighted by molar-refractivity contribution is 7.18. The molecule has 1 aliphatic heterocycles. The molecule has 0 spiro atoms. The second kappa shape index (κ2) is 13.2. The maximum Gasteiger partial charge on any atom is 0.511 e. The van der Waals surface area contributed by atoms with Gasteiger partial charge >= 0.3 is 12.1 Å². The summed E-state index contributed by atoms with van der Waals surface area (Å²) < 4.78 is 14.9. The van der Waals surface area contributed by atoms with Crippen LogP contribution in [0.25, 0.3) is 10.4 Å². The summed E-state index contributed by atoms with van der Waals surface area (Å²) in [6.07, 6.45) is 4.59. The minimum Gasteiger partial charge on any atom is -0.435 e. The number of carbonyl (C=O) groups is 3. The van der Waals surface area contributed by atoms with Crippen LogP contribution >= 0.6 is 11.3 Å². The Labute approximate surface area is 228 Å². The Hall–Kier alpha value is -2.91. The maximum absolute atomic E-state index is 14.2. The summed E-state index contributed by atoms with van der Waals surface area (Å²) >= 11 is 1.30. The van der Waals surface area contributed by atoms with Crippen LogP contribution in [-0.4, -0.2) is 62.5 Å². The summed E-state index contributed by atoms with van der Waals surface area (Å²) in [5.41, 5.74) is 1.55. The van der Waals surface area contributed by atoms with E-state index in [4.69, 9.17) is 14.2 Å². The zero-order valence-electron chi connectivity index (χ0n) is 22.5. The van der Waals surface area contributed by atoms with E-state index in [1.165, 1.54) is 11.3 Å². The van der Waals surface area contributed by atoms with Crippen molar-refractivity contribution in [3.8, 4) is 10.4 Å². The lowest BCUT2D eigenvalue weighted by Crippen LogP contribution is -2.49. The van der Waals surface area contributed by atoms with Gasteiger partial charge in [-0.3, -0.25) is 4.79 Å². The van der Waals surface area contributed by atoms with Crippen molar-refractivity contribution in [3.05, 3.63) is 41.3 Å².